The van der Waals surface area contributed by atoms with Gasteiger partial charge in [-0.05, 0) is 30.5 Å². The fourth-order valence-electron chi connectivity index (χ4n) is 1.54. The second kappa shape index (κ2) is 6.70. The summed E-state index contributed by atoms with van der Waals surface area (Å²) in [6, 6.07) is 4.09. The summed E-state index contributed by atoms with van der Waals surface area (Å²) < 4.78 is 37.6. The zero-order valence-corrected chi connectivity index (χ0v) is 11.6. The van der Waals surface area contributed by atoms with Crippen LogP contribution < -0.4 is 15.2 Å². The second-order valence-corrected chi connectivity index (χ2v) is 4.81. The van der Waals surface area contributed by atoms with E-state index >= 15 is 0 Å². The maximum absolute atomic E-state index is 13.5. The molecule has 3 nitrogen and oxygen atoms in total. The molecule has 108 valence electrons. The van der Waals surface area contributed by atoms with Gasteiger partial charge in [-0.25, -0.2) is 0 Å². The first-order chi connectivity index (χ1) is 8.90. The SMILES string of the molecule is COc1cc(C(F)(F)CN)ccc1OCCC(C)C. The van der Waals surface area contributed by atoms with Crippen LogP contribution in [0.3, 0.4) is 0 Å². The Labute approximate surface area is 112 Å². The molecule has 0 aliphatic carbocycles. The Morgan fingerprint density at radius 1 is 1.26 bits per heavy atom. The Morgan fingerprint density at radius 2 is 1.95 bits per heavy atom. The van der Waals surface area contributed by atoms with Gasteiger partial charge in [0, 0.05) is 5.56 Å². The van der Waals surface area contributed by atoms with Gasteiger partial charge in [0.25, 0.3) is 5.92 Å². The number of benzene rings is 1. The van der Waals surface area contributed by atoms with Gasteiger partial charge in [-0.15, -0.1) is 0 Å². The lowest BCUT2D eigenvalue weighted by atomic mass is 10.1. The minimum absolute atomic E-state index is 0.164. The van der Waals surface area contributed by atoms with Crippen molar-refractivity contribution in [2.45, 2.75) is 26.2 Å². The summed E-state index contributed by atoms with van der Waals surface area (Å²) in [5.74, 6) is -1.76. The first-order valence-electron chi connectivity index (χ1n) is 6.30. The summed E-state index contributed by atoms with van der Waals surface area (Å²) in [6.45, 7) is 3.97. The third-order valence-corrected chi connectivity index (χ3v) is 2.80. The molecule has 0 atom stereocenters. The lowest BCUT2D eigenvalue weighted by molar-refractivity contribution is 0.00569. The number of hydrogen-bond acceptors (Lipinski definition) is 3. The molecule has 0 heterocycles. The van der Waals surface area contributed by atoms with E-state index in [1.54, 1.807) is 0 Å². The number of alkyl halides is 2. The van der Waals surface area contributed by atoms with E-state index in [1.807, 2.05) is 0 Å². The fraction of sp³-hybridized carbons (Fsp3) is 0.571. The van der Waals surface area contributed by atoms with Crippen molar-refractivity contribution < 1.29 is 18.3 Å². The lowest BCUT2D eigenvalue weighted by Crippen LogP contribution is -2.25. The molecular formula is C14H21F2NO2. The van der Waals surface area contributed by atoms with E-state index < -0.39 is 12.5 Å². The number of nitrogens with two attached hydrogens (primary N) is 1. The van der Waals surface area contributed by atoms with Gasteiger partial charge < -0.3 is 15.2 Å². The molecule has 0 bridgehead atoms. The van der Waals surface area contributed by atoms with Crippen LogP contribution in [0.2, 0.25) is 0 Å². The average molecular weight is 273 g/mol. The summed E-state index contributed by atoms with van der Waals surface area (Å²) in [5.41, 5.74) is 4.90. The van der Waals surface area contributed by atoms with Gasteiger partial charge in [0.15, 0.2) is 11.5 Å². The van der Waals surface area contributed by atoms with Crippen LogP contribution in [0.25, 0.3) is 0 Å². The molecule has 0 amide bonds. The third kappa shape index (κ3) is 4.35. The molecule has 0 fully saturated rings. The summed E-state index contributed by atoms with van der Waals surface area (Å²) in [6.07, 6.45) is 0.893. The molecule has 0 aliphatic rings. The number of ether oxygens (including phenoxy) is 2. The van der Waals surface area contributed by atoms with Crippen LogP contribution in [0.15, 0.2) is 18.2 Å². The molecule has 0 saturated carbocycles. The van der Waals surface area contributed by atoms with Crippen molar-refractivity contribution in [3.63, 3.8) is 0 Å². The van der Waals surface area contributed by atoms with Crippen LogP contribution >= 0.6 is 0 Å². The monoisotopic (exact) mass is 273 g/mol. The molecule has 0 unspecified atom stereocenters. The molecule has 19 heavy (non-hydrogen) atoms. The Morgan fingerprint density at radius 3 is 2.47 bits per heavy atom. The molecular weight excluding hydrogens is 252 g/mol. The Hall–Kier alpha value is -1.36. The van der Waals surface area contributed by atoms with E-state index in [9.17, 15) is 8.78 Å². The Balaban J connectivity index is 2.85. The summed E-state index contributed by atoms with van der Waals surface area (Å²) in [4.78, 5) is 0. The van der Waals surface area contributed by atoms with Crippen LogP contribution in [0.5, 0.6) is 11.5 Å². The van der Waals surface area contributed by atoms with Crippen molar-refractivity contribution in [3.8, 4) is 11.5 Å². The largest absolute Gasteiger partial charge is 0.493 e. The van der Waals surface area contributed by atoms with E-state index in [0.29, 0.717) is 24.0 Å². The average Bonchev–Trinajstić information content (AvgIpc) is 2.38. The smallest absolute Gasteiger partial charge is 0.285 e. The number of hydrogen-bond donors (Lipinski definition) is 1. The van der Waals surface area contributed by atoms with E-state index in [-0.39, 0.29) is 5.56 Å². The standard InChI is InChI=1S/C14H21F2NO2/c1-10(2)6-7-19-12-5-4-11(8-13(12)18-3)14(15,16)9-17/h4-5,8,10H,6-7,9,17H2,1-3H3. The van der Waals surface area contributed by atoms with Crippen molar-refractivity contribution in [1.82, 2.24) is 0 Å². The van der Waals surface area contributed by atoms with E-state index in [4.69, 9.17) is 15.2 Å². The van der Waals surface area contributed by atoms with Crippen LogP contribution in [0, 0.1) is 5.92 Å². The van der Waals surface area contributed by atoms with Gasteiger partial charge in [0.1, 0.15) is 0 Å². The molecule has 0 aromatic heterocycles. The highest BCUT2D eigenvalue weighted by molar-refractivity contribution is 5.44. The molecule has 1 aromatic carbocycles. The minimum Gasteiger partial charge on any atom is -0.493 e. The summed E-state index contributed by atoms with van der Waals surface area (Å²) in [7, 11) is 1.43. The second-order valence-electron chi connectivity index (χ2n) is 4.81. The molecule has 5 heteroatoms. The Kier molecular flexibility index (Phi) is 5.54. The van der Waals surface area contributed by atoms with Crippen molar-refractivity contribution in [1.29, 1.82) is 0 Å². The molecule has 0 spiro atoms. The van der Waals surface area contributed by atoms with Gasteiger partial charge in [0.2, 0.25) is 0 Å². The highest BCUT2D eigenvalue weighted by Crippen LogP contribution is 2.34. The molecule has 0 saturated heterocycles. The minimum atomic E-state index is -3.05. The first kappa shape index (κ1) is 15.7. The lowest BCUT2D eigenvalue weighted by Gasteiger charge is -2.17. The van der Waals surface area contributed by atoms with Gasteiger partial charge >= 0.3 is 0 Å². The molecule has 2 N–H and O–H groups in total. The van der Waals surface area contributed by atoms with Crippen molar-refractivity contribution in [3.05, 3.63) is 23.8 Å². The van der Waals surface area contributed by atoms with Gasteiger partial charge in [-0.3, -0.25) is 0 Å². The first-order valence-corrected chi connectivity index (χ1v) is 6.30. The fourth-order valence-corrected chi connectivity index (χ4v) is 1.54. The number of rotatable bonds is 7. The van der Waals surface area contributed by atoms with Gasteiger partial charge in [-0.1, -0.05) is 13.8 Å². The van der Waals surface area contributed by atoms with Crippen LogP contribution in [0.1, 0.15) is 25.8 Å². The van der Waals surface area contributed by atoms with E-state index in [1.165, 1.54) is 25.3 Å². The van der Waals surface area contributed by atoms with Gasteiger partial charge in [-0.2, -0.15) is 8.78 Å². The number of methoxy groups -OCH3 is 1. The summed E-state index contributed by atoms with van der Waals surface area (Å²) >= 11 is 0. The van der Waals surface area contributed by atoms with Crippen molar-refractivity contribution in [2.24, 2.45) is 11.7 Å². The molecule has 0 aliphatic heterocycles. The third-order valence-electron chi connectivity index (χ3n) is 2.80. The van der Waals surface area contributed by atoms with Gasteiger partial charge in [0.05, 0.1) is 20.3 Å². The van der Waals surface area contributed by atoms with Crippen LogP contribution in [-0.4, -0.2) is 20.3 Å². The predicted octanol–water partition coefficient (Wildman–Crippen LogP) is 3.17. The molecule has 1 aromatic rings. The molecule has 0 radical (unpaired) electrons. The summed E-state index contributed by atoms with van der Waals surface area (Å²) in [5, 5.41) is 0. The topological polar surface area (TPSA) is 44.5 Å². The molecule has 1 rings (SSSR count). The normalized spacial score (nSPS) is 11.7. The van der Waals surface area contributed by atoms with E-state index in [2.05, 4.69) is 13.8 Å². The number of halogens is 2. The zero-order valence-electron chi connectivity index (χ0n) is 11.6. The maximum atomic E-state index is 13.5. The Bertz CT molecular complexity index is 408. The van der Waals surface area contributed by atoms with Crippen LogP contribution in [-0.2, 0) is 5.92 Å². The van der Waals surface area contributed by atoms with E-state index in [0.717, 1.165) is 6.42 Å². The van der Waals surface area contributed by atoms with Crippen molar-refractivity contribution >= 4 is 0 Å². The predicted molar refractivity (Wildman–Crippen MR) is 70.9 cm³/mol. The van der Waals surface area contributed by atoms with Crippen molar-refractivity contribution in [2.75, 3.05) is 20.3 Å². The van der Waals surface area contributed by atoms with Crippen LogP contribution in [0.4, 0.5) is 8.78 Å². The maximum Gasteiger partial charge on any atom is 0.285 e. The highest BCUT2D eigenvalue weighted by atomic mass is 19.3. The quantitative estimate of drug-likeness (QED) is 0.830. The highest BCUT2D eigenvalue weighted by Gasteiger charge is 2.30. The zero-order chi connectivity index (χ0) is 14.5.